The van der Waals surface area contributed by atoms with Crippen LogP contribution < -0.4 is 5.32 Å². The predicted molar refractivity (Wildman–Crippen MR) is 70.5 cm³/mol. The minimum Gasteiger partial charge on any atom is -0.307 e. The van der Waals surface area contributed by atoms with E-state index >= 15 is 0 Å². The Morgan fingerprint density at radius 2 is 2.25 bits per heavy atom. The highest BCUT2D eigenvalue weighted by Gasteiger charge is 2.07. The Bertz CT molecular complexity index is 732. The first kappa shape index (κ1) is 12.0. The third kappa shape index (κ3) is 2.26. The van der Waals surface area contributed by atoms with Crippen LogP contribution in [-0.2, 0) is 0 Å². The number of nitrogens with one attached hydrogen (secondary N) is 1. The lowest BCUT2D eigenvalue weighted by Gasteiger charge is -2.07. The molecule has 3 rings (SSSR count). The van der Waals surface area contributed by atoms with Crippen LogP contribution in [0.2, 0.25) is 0 Å². The van der Waals surface area contributed by atoms with E-state index in [2.05, 4.69) is 25.8 Å². The number of nitrogens with zero attached hydrogens (tertiary/aromatic N) is 6. The van der Waals surface area contributed by atoms with Gasteiger partial charge in [0.25, 0.3) is 0 Å². The summed E-state index contributed by atoms with van der Waals surface area (Å²) < 4.78 is 2.95. The molecule has 0 aliphatic heterocycles. The number of imidazole rings is 1. The number of hydrogen-bond donors (Lipinski definition) is 1. The van der Waals surface area contributed by atoms with E-state index < -0.39 is 0 Å². The fraction of sp³-hybridized carbons (Fsp3) is 0.0833. The Kier molecular flexibility index (Phi) is 2.96. The molecule has 20 heavy (non-hydrogen) atoms. The molecule has 1 N–H and O–H groups in total. The van der Waals surface area contributed by atoms with E-state index in [1.807, 2.05) is 12.1 Å². The highest BCUT2D eigenvalue weighted by Crippen LogP contribution is 2.14. The molecule has 0 aliphatic carbocycles. The lowest BCUT2D eigenvalue weighted by Crippen LogP contribution is -2.17. The van der Waals surface area contributed by atoms with Crippen LogP contribution in [0.25, 0.3) is 5.69 Å². The van der Waals surface area contributed by atoms with E-state index in [4.69, 9.17) is 0 Å². The molecule has 0 saturated heterocycles. The van der Waals surface area contributed by atoms with Crippen LogP contribution in [0.5, 0.6) is 0 Å². The standard InChI is InChI=1S/C12H11N7O/c1-9-15-16-17-19(9)11-4-2-3-10(7-11)14-12(20)18-6-5-13-8-18/h2-8H,1H3,(H,14,20). The molecule has 2 heterocycles. The van der Waals surface area contributed by atoms with Gasteiger partial charge in [0.15, 0.2) is 5.82 Å². The van der Waals surface area contributed by atoms with Crippen molar-refractivity contribution in [3.05, 3.63) is 48.8 Å². The molecular weight excluding hydrogens is 258 g/mol. The number of anilines is 1. The Hall–Kier alpha value is -3.03. The second-order valence-corrected chi connectivity index (χ2v) is 4.09. The second-order valence-electron chi connectivity index (χ2n) is 4.09. The topological polar surface area (TPSA) is 90.5 Å². The predicted octanol–water partition coefficient (Wildman–Crippen LogP) is 1.25. The first-order valence-corrected chi connectivity index (χ1v) is 5.89. The summed E-state index contributed by atoms with van der Waals surface area (Å²) in [6.45, 7) is 1.80. The molecule has 0 fully saturated rings. The minimum absolute atomic E-state index is 0.284. The number of carbonyl (C=O) groups excluding carboxylic acids is 1. The van der Waals surface area contributed by atoms with Gasteiger partial charge in [-0.25, -0.2) is 9.78 Å². The molecule has 0 radical (unpaired) electrons. The molecule has 0 unspecified atom stereocenters. The van der Waals surface area contributed by atoms with E-state index in [0.29, 0.717) is 11.5 Å². The van der Waals surface area contributed by atoms with Gasteiger partial charge >= 0.3 is 6.03 Å². The van der Waals surface area contributed by atoms with Gasteiger partial charge in [0.1, 0.15) is 6.33 Å². The smallest absolute Gasteiger partial charge is 0.307 e. The first-order valence-electron chi connectivity index (χ1n) is 5.89. The van der Waals surface area contributed by atoms with Crippen molar-refractivity contribution in [1.29, 1.82) is 0 Å². The number of amides is 1. The minimum atomic E-state index is -0.284. The number of carbonyl (C=O) groups is 1. The van der Waals surface area contributed by atoms with Crippen LogP contribution in [0.15, 0.2) is 43.0 Å². The van der Waals surface area contributed by atoms with Crippen molar-refractivity contribution in [2.24, 2.45) is 0 Å². The maximum absolute atomic E-state index is 11.9. The molecular formula is C12H11N7O. The van der Waals surface area contributed by atoms with Gasteiger partial charge in [-0.3, -0.25) is 4.57 Å². The van der Waals surface area contributed by atoms with Crippen molar-refractivity contribution in [2.75, 3.05) is 5.32 Å². The molecule has 0 saturated carbocycles. The zero-order valence-electron chi connectivity index (χ0n) is 10.6. The van der Waals surface area contributed by atoms with E-state index in [1.165, 1.54) is 10.9 Å². The maximum Gasteiger partial charge on any atom is 0.331 e. The quantitative estimate of drug-likeness (QED) is 0.756. The summed E-state index contributed by atoms with van der Waals surface area (Å²) in [5.41, 5.74) is 1.42. The van der Waals surface area contributed by atoms with Crippen molar-refractivity contribution in [3.8, 4) is 5.69 Å². The van der Waals surface area contributed by atoms with E-state index in [1.54, 1.807) is 36.1 Å². The largest absolute Gasteiger partial charge is 0.331 e. The van der Waals surface area contributed by atoms with Gasteiger partial charge in [0.05, 0.1) is 5.69 Å². The van der Waals surface area contributed by atoms with Gasteiger partial charge in [-0.05, 0) is 35.5 Å². The van der Waals surface area contributed by atoms with E-state index in [-0.39, 0.29) is 6.03 Å². The van der Waals surface area contributed by atoms with Gasteiger partial charge in [-0.1, -0.05) is 6.07 Å². The Morgan fingerprint density at radius 1 is 1.35 bits per heavy atom. The average Bonchev–Trinajstić information content (AvgIpc) is 3.10. The number of rotatable bonds is 2. The summed E-state index contributed by atoms with van der Waals surface area (Å²) in [4.78, 5) is 15.7. The zero-order chi connectivity index (χ0) is 13.9. The summed E-state index contributed by atoms with van der Waals surface area (Å²) >= 11 is 0. The monoisotopic (exact) mass is 269 g/mol. The van der Waals surface area contributed by atoms with Crippen LogP contribution >= 0.6 is 0 Å². The van der Waals surface area contributed by atoms with Crippen molar-refractivity contribution >= 4 is 11.7 Å². The molecule has 0 aliphatic rings. The Morgan fingerprint density at radius 3 is 2.95 bits per heavy atom. The highest BCUT2D eigenvalue weighted by atomic mass is 16.2. The number of tetrazole rings is 1. The van der Waals surface area contributed by atoms with Crippen molar-refractivity contribution in [3.63, 3.8) is 0 Å². The third-order valence-electron chi connectivity index (χ3n) is 2.71. The number of aryl methyl sites for hydroxylation is 1. The molecule has 0 bridgehead atoms. The third-order valence-corrected chi connectivity index (χ3v) is 2.71. The molecule has 100 valence electrons. The second kappa shape index (κ2) is 4.92. The summed E-state index contributed by atoms with van der Waals surface area (Å²) in [6.07, 6.45) is 4.55. The van der Waals surface area contributed by atoms with Crippen molar-refractivity contribution in [1.82, 2.24) is 29.8 Å². The number of hydrogen-bond acceptors (Lipinski definition) is 5. The summed E-state index contributed by atoms with van der Waals surface area (Å²) in [7, 11) is 0. The summed E-state index contributed by atoms with van der Waals surface area (Å²) in [6, 6.07) is 6.97. The van der Waals surface area contributed by atoms with Crippen molar-refractivity contribution in [2.45, 2.75) is 6.92 Å². The first-order chi connectivity index (χ1) is 9.74. The van der Waals surface area contributed by atoms with Crippen LogP contribution in [0.1, 0.15) is 5.82 Å². The summed E-state index contributed by atoms with van der Waals surface area (Å²) in [5, 5.41) is 14.1. The molecule has 2 aromatic heterocycles. The average molecular weight is 269 g/mol. The Balaban J connectivity index is 1.85. The molecule has 8 heteroatoms. The van der Waals surface area contributed by atoms with Crippen LogP contribution in [-0.4, -0.2) is 35.8 Å². The van der Waals surface area contributed by atoms with Crippen LogP contribution in [0.3, 0.4) is 0 Å². The van der Waals surface area contributed by atoms with E-state index in [0.717, 1.165) is 5.69 Å². The van der Waals surface area contributed by atoms with Crippen LogP contribution in [0, 0.1) is 6.92 Å². The molecule has 0 atom stereocenters. The number of aromatic nitrogens is 6. The highest BCUT2D eigenvalue weighted by molar-refractivity contribution is 5.91. The van der Waals surface area contributed by atoms with Gasteiger partial charge in [0.2, 0.25) is 0 Å². The molecule has 3 aromatic rings. The number of benzene rings is 1. The summed E-state index contributed by atoms with van der Waals surface area (Å²) in [5.74, 6) is 0.670. The van der Waals surface area contributed by atoms with Gasteiger partial charge in [0, 0.05) is 18.1 Å². The van der Waals surface area contributed by atoms with Crippen LogP contribution in [0.4, 0.5) is 10.5 Å². The fourth-order valence-corrected chi connectivity index (χ4v) is 1.75. The lowest BCUT2D eigenvalue weighted by atomic mass is 10.3. The van der Waals surface area contributed by atoms with Gasteiger partial charge < -0.3 is 5.32 Å². The van der Waals surface area contributed by atoms with Gasteiger partial charge in [-0.2, -0.15) is 4.68 Å². The Labute approximate surface area is 114 Å². The molecule has 1 aromatic carbocycles. The fourth-order valence-electron chi connectivity index (χ4n) is 1.75. The molecule has 1 amide bonds. The molecule has 0 spiro atoms. The van der Waals surface area contributed by atoms with Gasteiger partial charge in [-0.15, -0.1) is 5.10 Å². The zero-order valence-corrected chi connectivity index (χ0v) is 10.6. The van der Waals surface area contributed by atoms with Crippen molar-refractivity contribution < 1.29 is 4.79 Å². The maximum atomic E-state index is 11.9. The SMILES string of the molecule is Cc1nnnn1-c1cccc(NC(=O)n2ccnc2)c1. The van der Waals surface area contributed by atoms with E-state index in [9.17, 15) is 4.79 Å². The normalized spacial score (nSPS) is 10.4. The molecule has 8 nitrogen and oxygen atoms in total. The lowest BCUT2D eigenvalue weighted by molar-refractivity contribution is 0.253.